The predicted octanol–water partition coefficient (Wildman–Crippen LogP) is 1.44. The zero-order valence-corrected chi connectivity index (χ0v) is 15.4. The maximum absolute atomic E-state index is 13.4. The van der Waals surface area contributed by atoms with Gasteiger partial charge in [0.15, 0.2) is 0 Å². The van der Waals surface area contributed by atoms with Gasteiger partial charge in [-0.3, -0.25) is 14.5 Å². The number of nitrogens with zero attached hydrogens (tertiary/aromatic N) is 2. The van der Waals surface area contributed by atoms with E-state index in [0.717, 1.165) is 5.56 Å². The number of hydrogen-bond acceptors (Lipinski definition) is 4. The summed E-state index contributed by atoms with van der Waals surface area (Å²) in [5.41, 5.74) is 5.37. The second-order valence-electron chi connectivity index (χ2n) is 7.72. The van der Waals surface area contributed by atoms with Gasteiger partial charge in [-0.25, -0.2) is 4.98 Å². The molecule has 0 aromatic carbocycles. The Hall–Kier alpha value is -1.95. The second-order valence-corrected chi connectivity index (χ2v) is 7.72. The van der Waals surface area contributed by atoms with Crippen molar-refractivity contribution >= 4 is 17.6 Å². The first-order valence-electron chi connectivity index (χ1n) is 8.32. The van der Waals surface area contributed by atoms with Gasteiger partial charge >= 0.3 is 0 Å². The van der Waals surface area contributed by atoms with Crippen LogP contribution in [0.15, 0.2) is 18.3 Å². The number of anilines is 1. The van der Waals surface area contributed by atoms with E-state index in [9.17, 15) is 9.59 Å². The molecule has 0 radical (unpaired) electrons. The number of carbonyl (C=O) groups excluding carboxylic acids is 2. The first-order chi connectivity index (χ1) is 11.1. The summed E-state index contributed by atoms with van der Waals surface area (Å²) in [6.45, 7) is 10.3. The summed E-state index contributed by atoms with van der Waals surface area (Å²) in [5.74, 6) is -0.605. The van der Waals surface area contributed by atoms with E-state index in [1.165, 1.54) is 0 Å². The van der Waals surface area contributed by atoms with Crippen molar-refractivity contribution in [3.05, 3.63) is 23.9 Å². The highest BCUT2D eigenvalue weighted by Crippen LogP contribution is 2.41. The lowest BCUT2D eigenvalue weighted by atomic mass is 9.76. The fourth-order valence-corrected chi connectivity index (χ4v) is 3.68. The van der Waals surface area contributed by atoms with Gasteiger partial charge in [-0.05, 0) is 26.0 Å². The fraction of sp³-hybridized carbons (Fsp3) is 0.611. The van der Waals surface area contributed by atoms with Crippen LogP contribution >= 0.6 is 0 Å². The molecule has 6 heteroatoms. The normalized spacial score (nSPS) is 19.7. The van der Waals surface area contributed by atoms with E-state index in [2.05, 4.69) is 24.1 Å². The number of rotatable bonds is 5. The summed E-state index contributed by atoms with van der Waals surface area (Å²) in [4.78, 5) is 31.6. The van der Waals surface area contributed by atoms with Gasteiger partial charge in [-0.1, -0.05) is 33.8 Å². The van der Waals surface area contributed by atoms with Crippen molar-refractivity contribution in [2.24, 2.45) is 17.6 Å². The zero-order chi connectivity index (χ0) is 18.3. The van der Waals surface area contributed by atoms with Crippen LogP contribution in [0.5, 0.6) is 0 Å². The van der Waals surface area contributed by atoms with Gasteiger partial charge in [0, 0.05) is 23.7 Å². The van der Waals surface area contributed by atoms with E-state index in [1.54, 1.807) is 25.1 Å². The molecule has 0 fully saturated rings. The molecule has 2 amide bonds. The molecule has 132 valence electrons. The molecule has 1 aromatic rings. The Labute approximate surface area is 143 Å². The number of hydrogen-bond donors (Lipinski definition) is 2. The first-order valence-corrected chi connectivity index (χ1v) is 8.32. The lowest BCUT2D eigenvalue weighted by Gasteiger charge is -2.38. The first kappa shape index (κ1) is 18.4. The van der Waals surface area contributed by atoms with Crippen molar-refractivity contribution < 1.29 is 9.59 Å². The summed E-state index contributed by atoms with van der Waals surface area (Å²) in [6.07, 6.45) is 1.69. The molecule has 0 spiro atoms. The molecule has 1 aliphatic rings. The summed E-state index contributed by atoms with van der Waals surface area (Å²) in [7, 11) is 1.66. The summed E-state index contributed by atoms with van der Waals surface area (Å²) in [5, 5.41) is 2.97. The molecule has 2 atom stereocenters. The number of primary amides is 1. The average Bonchev–Trinajstić information content (AvgIpc) is 2.78. The van der Waals surface area contributed by atoms with Crippen LogP contribution in [-0.2, 0) is 15.0 Å². The van der Waals surface area contributed by atoms with Gasteiger partial charge in [0.25, 0.3) is 0 Å². The van der Waals surface area contributed by atoms with E-state index in [4.69, 9.17) is 5.73 Å². The Bertz CT molecular complexity index is 656. The molecule has 0 saturated carbocycles. The van der Waals surface area contributed by atoms with Gasteiger partial charge in [-0.2, -0.15) is 0 Å². The maximum atomic E-state index is 13.4. The molecule has 24 heavy (non-hydrogen) atoms. The van der Waals surface area contributed by atoms with Gasteiger partial charge in [0.1, 0.15) is 11.4 Å². The Balaban J connectivity index is 2.48. The van der Waals surface area contributed by atoms with Crippen molar-refractivity contribution in [3.63, 3.8) is 0 Å². The third kappa shape index (κ3) is 2.79. The minimum Gasteiger partial charge on any atom is -0.368 e. The molecule has 2 heterocycles. The van der Waals surface area contributed by atoms with E-state index in [0.29, 0.717) is 12.4 Å². The minimum absolute atomic E-state index is 0.0571. The van der Waals surface area contributed by atoms with E-state index < -0.39 is 17.4 Å². The molecule has 0 bridgehead atoms. The molecule has 6 nitrogen and oxygen atoms in total. The highest BCUT2D eigenvalue weighted by Gasteiger charge is 2.49. The number of nitrogens with two attached hydrogens (primary N) is 1. The Morgan fingerprint density at radius 1 is 1.42 bits per heavy atom. The topological polar surface area (TPSA) is 88.3 Å². The second kappa shape index (κ2) is 6.16. The smallest absolute Gasteiger partial charge is 0.238 e. The molecule has 2 rings (SSSR count). The SMILES string of the molecule is CNC(C)(C(N)=O)[C@@H](C(=O)N1CC(C)(C)c2cccnc21)C(C)C. The number of nitrogens with one attached hydrogen (secondary N) is 1. The minimum atomic E-state index is -1.12. The van der Waals surface area contributed by atoms with E-state index in [1.807, 2.05) is 26.0 Å². The van der Waals surface area contributed by atoms with Crippen LogP contribution in [0.2, 0.25) is 0 Å². The van der Waals surface area contributed by atoms with Crippen molar-refractivity contribution in [2.45, 2.75) is 45.6 Å². The fourth-order valence-electron chi connectivity index (χ4n) is 3.68. The van der Waals surface area contributed by atoms with Crippen LogP contribution in [0, 0.1) is 11.8 Å². The Kier molecular flexibility index (Phi) is 4.72. The largest absolute Gasteiger partial charge is 0.368 e. The summed E-state index contributed by atoms with van der Waals surface area (Å²) in [6, 6.07) is 3.89. The zero-order valence-electron chi connectivity index (χ0n) is 15.4. The van der Waals surface area contributed by atoms with Crippen LogP contribution in [0.1, 0.15) is 40.2 Å². The Morgan fingerprint density at radius 2 is 2.04 bits per heavy atom. The van der Waals surface area contributed by atoms with Crippen LogP contribution in [0.25, 0.3) is 0 Å². The molecule has 1 aromatic heterocycles. The van der Waals surface area contributed by atoms with Crippen LogP contribution in [0.4, 0.5) is 5.82 Å². The van der Waals surface area contributed by atoms with Crippen molar-refractivity contribution in [3.8, 4) is 0 Å². The van der Waals surface area contributed by atoms with Gasteiger partial charge < -0.3 is 11.1 Å². The predicted molar refractivity (Wildman–Crippen MR) is 94.6 cm³/mol. The quantitative estimate of drug-likeness (QED) is 0.854. The third-order valence-electron chi connectivity index (χ3n) is 5.18. The van der Waals surface area contributed by atoms with Crippen molar-refractivity contribution in [2.75, 3.05) is 18.5 Å². The van der Waals surface area contributed by atoms with Gasteiger partial charge in [-0.15, -0.1) is 0 Å². The number of aromatic nitrogens is 1. The van der Waals surface area contributed by atoms with Crippen LogP contribution < -0.4 is 16.0 Å². The summed E-state index contributed by atoms with van der Waals surface area (Å²) >= 11 is 0. The lowest BCUT2D eigenvalue weighted by Crippen LogP contribution is -2.62. The van der Waals surface area contributed by atoms with Crippen LogP contribution in [0.3, 0.4) is 0 Å². The van der Waals surface area contributed by atoms with E-state index >= 15 is 0 Å². The molecular formula is C18H28N4O2. The third-order valence-corrected chi connectivity index (χ3v) is 5.18. The molecule has 1 unspecified atom stereocenters. The summed E-state index contributed by atoms with van der Waals surface area (Å²) < 4.78 is 0. The number of amides is 2. The maximum Gasteiger partial charge on any atom is 0.238 e. The van der Waals surface area contributed by atoms with Crippen molar-refractivity contribution in [1.82, 2.24) is 10.3 Å². The molecule has 0 saturated heterocycles. The molecule has 0 aliphatic carbocycles. The Morgan fingerprint density at radius 3 is 2.54 bits per heavy atom. The number of likely N-dealkylation sites (N-methyl/N-ethyl adjacent to an activating group) is 1. The molecule has 3 N–H and O–H groups in total. The highest BCUT2D eigenvalue weighted by molar-refractivity contribution is 6.01. The monoisotopic (exact) mass is 332 g/mol. The van der Waals surface area contributed by atoms with Crippen LogP contribution in [-0.4, -0.2) is 35.9 Å². The lowest BCUT2D eigenvalue weighted by molar-refractivity contribution is -0.135. The van der Waals surface area contributed by atoms with Gasteiger partial charge in [0.05, 0.1) is 5.92 Å². The number of carbonyl (C=O) groups is 2. The number of fused-ring (bicyclic) bond motifs is 1. The highest BCUT2D eigenvalue weighted by atomic mass is 16.2. The standard InChI is InChI=1S/C18H28N4O2/c1-11(2)13(18(5,20-6)16(19)24)15(23)22-10-17(3,4)12-8-7-9-21-14(12)22/h7-9,11,13,20H,10H2,1-6H3,(H2,19,24)/t13-,18?/m1/s1. The van der Waals surface area contributed by atoms with E-state index in [-0.39, 0.29) is 17.2 Å². The average molecular weight is 332 g/mol. The van der Waals surface area contributed by atoms with Crippen molar-refractivity contribution in [1.29, 1.82) is 0 Å². The van der Waals surface area contributed by atoms with Gasteiger partial charge in [0.2, 0.25) is 11.8 Å². The number of pyridine rings is 1. The molecular weight excluding hydrogens is 304 g/mol. The molecule has 1 aliphatic heterocycles.